The molecule has 0 aliphatic carbocycles. The van der Waals surface area contributed by atoms with Crippen LogP contribution in [0, 0.1) is 12.7 Å². The van der Waals surface area contributed by atoms with Gasteiger partial charge in [0.2, 0.25) is 0 Å². The first-order valence-corrected chi connectivity index (χ1v) is 11.4. The molecule has 13 heteroatoms. The van der Waals surface area contributed by atoms with Crippen LogP contribution in [0.5, 0.6) is 0 Å². The second kappa shape index (κ2) is 12.0. The molecule has 0 unspecified atom stereocenters. The number of rotatable bonds is 3. The van der Waals surface area contributed by atoms with E-state index in [2.05, 4.69) is 5.32 Å². The van der Waals surface area contributed by atoms with Gasteiger partial charge in [0.25, 0.3) is 5.97 Å². The molecule has 1 saturated heterocycles. The normalized spacial score (nSPS) is 16.8. The van der Waals surface area contributed by atoms with Crippen molar-refractivity contribution in [3.63, 3.8) is 0 Å². The zero-order valence-electron chi connectivity index (χ0n) is 21.0. The quantitative estimate of drug-likeness (QED) is 0.458. The lowest BCUT2D eigenvalue weighted by Crippen LogP contribution is -2.52. The first kappa shape index (κ1) is 30.9. The smallest absolute Gasteiger partial charge is 0.416 e. The largest absolute Gasteiger partial charge is 0.481 e. The van der Waals surface area contributed by atoms with Crippen molar-refractivity contribution in [2.45, 2.75) is 45.2 Å². The second-order valence-corrected chi connectivity index (χ2v) is 8.84. The molecule has 3 rings (SSSR count). The Bertz CT molecular complexity index is 1120. The van der Waals surface area contributed by atoms with E-state index in [0.29, 0.717) is 36.3 Å². The van der Waals surface area contributed by atoms with Crippen molar-refractivity contribution >= 4 is 12.0 Å². The van der Waals surface area contributed by atoms with Crippen molar-refractivity contribution < 1.29 is 45.4 Å². The maximum atomic E-state index is 13.6. The number of alkyl halides is 6. The minimum Gasteiger partial charge on any atom is -0.481 e. The molecule has 0 bridgehead atoms. The number of piperazine rings is 1. The fourth-order valence-electron chi connectivity index (χ4n) is 4.04. The van der Waals surface area contributed by atoms with Crippen LogP contribution >= 0.6 is 0 Å². The van der Waals surface area contributed by atoms with Gasteiger partial charge in [0, 0.05) is 33.6 Å². The molecule has 1 fully saturated rings. The van der Waals surface area contributed by atoms with E-state index in [0.717, 1.165) is 11.8 Å². The third-order valence-corrected chi connectivity index (χ3v) is 6.06. The number of benzene rings is 2. The average Bonchev–Trinajstić information content (AvgIpc) is 2.81. The van der Waals surface area contributed by atoms with Crippen molar-refractivity contribution in [3.05, 3.63) is 70.0 Å². The lowest BCUT2D eigenvalue weighted by molar-refractivity contribution is -0.143. The molecule has 210 valence electrons. The number of urea groups is 1. The van der Waals surface area contributed by atoms with E-state index in [1.807, 2.05) is 0 Å². The average molecular weight is 552 g/mol. The van der Waals surface area contributed by atoms with E-state index >= 15 is 0 Å². The fraction of sp³-hybridized carbons (Fsp3) is 0.440. The number of carboxylic acids is 1. The highest BCUT2D eigenvalue weighted by Crippen LogP contribution is 2.38. The fourth-order valence-corrected chi connectivity index (χ4v) is 4.04. The van der Waals surface area contributed by atoms with Gasteiger partial charge in [0.1, 0.15) is 5.82 Å². The van der Waals surface area contributed by atoms with Crippen LogP contribution in [-0.2, 0) is 17.1 Å². The van der Waals surface area contributed by atoms with Crippen LogP contribution in [-0.4, -0.2) is 53.6 Å². The van der Waals surface area contributed by atoms with Crippen molar-refractivity contribution in [2.24, 2.45) is 0 Å². The van der Waals surface area contributed by atoms with Crippen molar-refractivity contribution in [1.29, 1.82) is 0 Å². The Morgan fingerprint density at radius 1 is 1.05 bits per heavy atom. The Hall–Kier alpha value is -3.35. The third kappa shape index (κ3) is 7.83. The van der Waals surface area contributed by atoms with Crippen LogP contribution in [0.15, 0.2) is 36.4 Å². The van der Waals surface area contributed by atoms with Gasteiger partial charge in [-0.1, -0.05) is 6.07 Å². The van der Waals surface area contributed by atoms with Gasteiger partial charge in [-0.15, -0.1) is 0 Å². The van der Waals surface area contributed by atoms with E-state index in [9.17, 15) is 35.5 Å². The number of halogens is 7. The third-order valence-electron chi connectivity index (χ3n) is 6.06. The van der Waals surface area contributed by atoms with Crippen molar-refractivity contribution in [1.82, 2.24) is 15.1 Å². The van der Waals surface area contributed by atoms with Crippen LogP contribution in [0.1, 0.15) is 53.7 Å². The molecular weight excluding hydrogens is 523 g/mol. The predicted molar refractivity (Wildman–Crippen MR) is 125 cm³/mol. The number of hydrogen-bond acceptors (Lipinski definition) is 3. The number of nitrogens with zero attached hydrogens (tertiary/aromatic N) is 2. The standard InChI is InChI=1S/C23H24F7N3O.C2H4O2/c1-13-8-18(24)4-5-19(13)20-12-31-6-7-33(20)21(34)32(3)14(2)15-9-16(22(25,26)27)11-17(10-15)23(28,29)30;1-2(3)4/h4-5,8-11,14,20,31H,6-7,12H2,1-3H3;1H3,(H,3,4)/t14-,20+;/m0./s1. The van der Waals surface area contributed by atoms with E-state index < -0.39 is 53.4 Å². The van der Waals surface area contributed by atoms with Gasteiger partial charge in [0.05, 0.1) is 23.2 Å². The van der Waals surface area contributed by atoms with Crippen LogP contribution in [0.2, 0.25) is 0 Å². The van der Waals surface area contributed by atoms with E-state index in [1.54, 1.807) is 13.0 Å². The monoisotopic (exact) mass is 551 g/mol. The molecule has 6 nitrogen and oxygen atoms in total. The zero-order chi connectivity index (χ0) is 29.0. The second-order valence-electron chi connectivity index (χ2n) is 8.84. The summed E-state index contributed by atoms with van der Waals surface area (Å²) >= 11 is 0. The number of aliphatic carboxylic acids is 1. The lowest BCUT2D eigenvalue weighted by atomic mass is 9.98. The highest BCUT2D eigenvalue weighted by atomic mass is 19.4. The van der Waals surface area contributed by atoms with Gasteiger partial charge in [-0.25, -0.2) is 9.18 Å². The van der Waals surface area contributed by atoms with E-state index in [4.69, 9.17) is 9.90 Å². The Labute approximate surface area is 215 Å². The molecule has 0 spiro atoms. The molecule has 38 heavy (non-hydrogen) atoms. The van der Waals surface area contributed by atoms with E-state index in [-0.39, 0.29) is 18.2 Å². The molecule has 1 aliphatic heterocycles. The number of nitrogens with one attached hydrogen (secondary N) is 1. The van der Waals surface area contributed by atoms with Crippen LogP contribution < -0.4 is 5.32 Å². The zero-order valence-corrected chi connectivity index (χ0v) is 21.0. The number of carboxylic acid groups (broad SMARTS) is 1. The summed E-state index contributed by atoms with van der Waals surface area (Å²) in [6.07, 6.45) is -9.97. The number of amides is 2. The molecule has 1 heterocycles. The predicted octanol–water partition coefficient (Wildman–Crippen LogP) is 6.02. The lowest BCUT2D eigenvalue weighted by Gasteiger charge is -2.40. The number of aryl methyl sites for hydroxylation is 1. The summed E-state index contributed by atoms with van der Waals surface area (Å²) < 4.78 is 93.2. The summed E-state index contributed by atoms with van der Waals surface area (Å²) in [7, 11) is 1.33. The summed E-state index contributed by atoms with van der Waals surface area (Å²) in [5.74, 6) is -1.27. The SMILES string of the molecule is CC(=O)O.Cc1cc(F)ccc1[C@H]1CNCCN1C(=O)N(C)[C@@H](C)c1cc(C(F)(F)F)cc(C(F)(F)F)c1. The molecule has 1 aliphatic rings. The molecule has 2 aromatic rings. The molecular formula is C25H28F7N3O3. The van der Waals surface area contributed by atoms with Crippen LogP contribution in [0.3, 0.4) is 0 Å². The summed E-state index contributed by atoms with van der Waals surface area (Å²) in [5, 5.41) is 10.6. The summed E-state index contributed by atoms with van der Waals surface area (Å²) in [4.78, 5) is 25.0. The van der Waals surface area contributed by atoms with Crippen molar-refractivity contribution in [3.8, 4) is 0 Å². The van der Waals surface area contributed by atoms with Gasteiger partial charge >= 0.3 is 18.4 Å². The van der Waals surface area contributed by atoms with Gasteiger partial charge in [-0.2, -0.15) is 26.3 Å². The van der Waals surface area contributed by atoms with Gasteiger partial charge in [-0.05, 0) is 60.9 Å². The van der Waals surface area contributed by atoms with Gasteiger partial charge < -0.3 is 20.2 Å². The Balaban J connectivity index is 0.00000118. The van der Waals surface area contributed by atoms with Gasteiger partial charge in [0.15, 0.2) is 0 Å². The molecule has 0 aromatic heterocycles. The molecule has 0 radical (unpaired) electrons. The summed E-state index contributed by atoms with van der Waals surface area (Å²) in [6, 6.07) is 3.36. The summed E-state index contributed by atoms with van der Waals surface area (Å²) in [6.45, 7) is 5.22. The van der Waals surface area contributed by atoms with Gasteiger partial charge in [-0.3, -0.25) is 4.79 Å². The maximum Gasteiger partial charge on any atom is 0.416 e. The maximum absolute atomic E-state index is 13.6. The highest BCUT2D eigenvalue weighted by molar-refractivity contribution is 5.75. The number of carbonyl (C=O) groups is 2. The molecule has 2 aromatic carbocycles. The highest BCUT2D eigenvalue weighted by Gasteiger charge is 2.38. The Morgan fingerprint density at radius 3 is 2.05 bits per heavy atom. The Kier molecular flexibility index (Phi) is 9.76. The molecule has 2 N–H and O–H groups in total. The van der Waals surface area contributed by atoms with E-state index in [1.165, 1.54) is 31.0 Å². The minimum absolute atomic E-state index is 0.0572. The van der Waals surface area contributed by atoms with Crippen LogP contribution in [0.25, 0.3) is 0 Å². The molecule has 2 atom stereocenters. The number of carbonyl (C=O) groups excluding carboxylic acids is 1. The number of hydrogen-bond donors (Lipinski definition) is 2. The summed E-state index contributed by atoms with van der Waals surface area (Å²) in [5.41, 5.74) is -1.85. The molecule has 2 amide bonds. The minimum atomic E-state index is -4.98. The first-order chi connectivity index (χ1) is 17.4. The molecule has 0 saturated carbocycles. The topological polar surface area (TPSA) is 72.9 Å². The first-order valence-electron chi connectivity index (χ1n) is 11.4. The Morgan fingerprint density at radius 2 is 1.58 bits per heavy atom. The van der Waals surface area contributed by atoms with Crippen molar-refractivity contribution in [2.75, 3.05) is 26.7 Å². The van der Waals surface area contributed by atoms with Crippen LogP contribution in [0.4, 0.5) is 35.5 Å².